The van der Waals surface area contributed by atoms with Gasteiger partial charge in [0.25, 0.3) is 0 Å². The molecule has 0 aromatic heterocycles. The first-order valence-corrected chi connectivity index (χ1v) is 10.0. The van der Waals surface area contributed by atoms with Crippen LogP contribution in [0.3, 0.4) is 0 Å². The van der Waals surface area contributed by atoms with Crippen LogP contribution in [0.15, 0.2) is 84.9 Å². The molecule has 154 valence electrons. The molecule has 0 aliphatic carbocycles. The van der Waals surface area contributed by atoms with Gasteiger partial charge in [0.05, 0.1) is 19.1 Å². The van der Waals surface area contributed by atoms with Crippen LogP contribution in [0.25, 0.3) is 0 Å². The molecule has 0 aliphatic rings. The van der Waals surface area contributed by atoms with Crippen molar-refractivity contribution in [3.05, 3.63) is 101 Å². The van der Waals surface area contributed by atoms with Crippen LogP contribution in [0, 0.1) is 0 Å². The van der Waals surface area contributed by atoms with Crippen molar-refractivity contribution in [3.63, 3.8) is 0 Å². The predicted molar refractivity (Wildman–Crippen MR) is 120 cm³/mol. The highest BCUT2D eigenvalue weighted by Gasteiger charge is 2.18. The van der Waals surface area contributed by atoms with Crippen molar-refractivity contribution in [1.82, 2.24) is 10.2 Å². The average molecular weight is 422 g/mol. The van der Waals surface area contributed by atoms with Crippen LogP contribution in [-0.2, 0) is 9.59 Å². The van der Waals surface area contributed by atoms with Crippen molar-refractivity contribution in [2.45, 2.75) is 6.04 Å². The SMILES string of the molecule is CN(CC(=O)Nc1ccc(Cl)cc1)CC(=O)NC(c1ccccc1)c1ccccc1. The molecule has 0 fully saturated rings. The summed E-state index contributed by atoms with van der Waals surface area (Å²) in [6, 6.07) is 26.3. The molecule has 3 aromatic carbocycles. The van der Waals surface area contributed by atoms with Crippen LogP contribution >= 0.6 is 11.6 Å². The Kier molecular flexibility index (Phi) is 7.60. The minimum atomic E-state index is -0.254. The van der Waals surface area contributed by atoms with Crippen LogP contribution in [0.1, 0.15) is 17.2 Å². The third-order valence-electron chi connectivity index (χ3n) is 4.53. The Morgan fingerprint density at radius 1 is 0.800 bits per heavy atom. The number of nitrogens with one attached hydrogen (secondary N) is 2. The zero-order valence-corrected chi connectivity index (χ0v) is 17.5. The lowest BCUT2D eigenvalue weighted by molar-refractivity contribution is -0.123. The Balaban J connectivity index is 1.58. The van der Waals surface area contributed by atoms with Gasteiger partial charge in [-0.3, -0.25) is 14.5 Å². The van der Waals surface area contributed by atoms with E-state index in [1.165, 1.54) is 0 Å². The molecule has 0 heterocycles. The van der Waals surface area contributed by atoms with E-state index in [1.807, 2.05) is 60.7 Å². The topological polar surface area (TPSA) is 61.4 Å². The number of carbonyl (C=O) groups excluding carboxylic acids is 2. The number of anilines is 1. The van der Waals surface area contributed by atoms with Crippen molar-refractivity contribution in [2.75, 3.05) is 25.5 Å². The largest absolute Gasteiger partial charge is 0.344 e. The van der Waals surface area contributed by atoms with E-state index in [1.54, 1.807) is 36.2 Å². The van der Waals surface area contributed by atoms with Gasteiger partial charge < -0.3 is 10.6 Å². The van der Waals surface area contributed by atoms with E-state index in [2.05, 4.69) is 10.6 Å². The Hall–Kier alpha value is -3.15. The summed E-state index contributed by atoms with van der Waals surface area (Å²) < 4.78 is 0. The van der Waals surface area contributed by atoms with E-state index in [0.717, 1.165) is 11.1 Å². The number of carbonyl (C=O) groups is 2. The number of hydrogen-bond acceptors (Lipinski definition) is 3. The summed E-state index contributed by atoms with van der Waals surface area (Å²) in [5.74, 6) is -0.357. The molecule has 0 bridgehead atoms. The zero-order valence-electron chi connectivity index (χ0n) is 16.7. The molecule has 5 nitrogen and oxygen atoms in total. The molecule has 3 rings (SSSR count). The highest BCUT2D eigenvalue weighted by molar-refractivity contribution is 6.30. The van der Waals surface area contributed by atoms with E-state index in [9.17, 15) is 9.59 Å². The van der Waals surface area contributed by atoms with Crippen molar-refractivity contribution < 1.29 is 9.59 Å². The van der Waals surface area contributed by atoms with E-state index >= 15 is 0 Å². The number of amides is 2. The second-order valence-corrected chi connectivity index (χ2v) is 7.49. The van der Waals surface area contributed by atoms with Gasteiger partial charge in [-0.15, -0.1) is 0 Å². The van der Waals surface area contributed by atoms with Crippen molar-refractivity contribution >= 4 is 29.1 Å². The summed E-state index contributed by atoms with van der Waals surface area (Å²) in [6.45, 7) is 0.196. The van der Waals surface area contributed by atoms with Gasteiger partial charge in [-0.2, -0.15) is 0 Å². The lowest BCUT2D eigenvalue weighted by Crippen LogP contribution is -2.40. The van der Waals surface area contributed by atoms with E-state index in [4.69, 9.17) is 11.6 Å². The smallest absolute Gasteiger partial charge is 0.238 e. The highest BCUT2D eigenvalue weighted by Crippen LogP contribution is 2.21. The molecular formula is C24H24ClN3O2. The van der Waals surface area contributed by atoms with Crippen LogP contribution in [0.5, 0.6) is 0 Å². The second-order valence-electron chi connectivity index (χ2n) is 7.05. The molecule has 2 N–H and O–H groups in total. The Labute approximate surface area is 181 Å². The highest BCUT2D eigenvalue weighted by atomic mass is 35.5. The van der Waals surface area contributed by atoms with E-state index in [-0.39, 0.29) is 30.9 Å². The van der Waals surface area contributed by atoms with Gasteiger partial charge in [-0.05, 0) is 42.4 Å². The summed E-state index contributed by atoms with van der Waals surface area (Å²) >= 11 is 5.85. The fourth-order valence-corrected chi connectivity index (χ4v) is 3.26. The quantitative estimate of drug-likeness (QED) is 0.575. The molecule has 3 aromatic rings. The first-order valence-electron chi connectivity index (χ1n) is 9.64. The molecule has 2 amide bonds. The van der Waals surface area contributed by atoms with Crippen LogP contribution in [0.2, 0.25) is 5.02 Å². The van der Waals surface area contributed by atoms with Gasteiger partial charge in [-0.1, -0.05) is 72.3 Å². The Morgan fingerprint density at radius 3 is 1.83 bits per heavy atom. The lowest BCUT2D eigenvalue weighted by atomic mass is 9.99. The lowest BCUT2D eigenvalue weighted by Gasteiger charge is -2.22. The molecular weight excluding hydrogens is 398 g/mol. The molecule has 0 spiro atoms. The number of hydrogen-bond donors (Lipinski definition) is 2. The first-order chi connectivity index (χ1) is 14.5. The van der Waals surface area contributed by atoms with Gasteiger partial charge in [0.2, 0.25) is 11.8 Å². The molecule has 0 saturated carbocycles. The monoisotopic (exact) mass is 421 g/mol. The maximum absolute atomic E-state index is 12.7. The summed E-state index contributed by atoms with van der Waals surface area (Å²) in [6.07, 6.45) is 0. The minimum absolute atomic E-state index is 0.0946. The maximum atomic E-state index is 12.7. The van der Waals surface area contributed by atoms with Gasteiger partial charge in [-0.25, -0.2) is 0 Å². The summed E-state index contributed by atoms with van der Waals surface area (Å²) in [4.78, 5) is 26.6. The standard InChI is InChI=1S/C24H24ClN3O2/c1-28(16-22(29)26-21-14-12-20(25)13-15-21)17-23(30)27-24(18-8-4-2-5-9-18)19-10-6-3-7-11-19/h2-15,24H,16-17H2,1H3,(H,26,29)(H,27,30). The molecule has 0 aliphatic heterocycles. The first kappa shape index (κ1) is 21.6. The number of nitrogens with zero attached hydrogens (tertiary/aromatic N) is 1. The predicted octanol–water partition coefficient (Wildman–Crippen LogP) is 4.12. The number of rotatable bonds is 8. The van der Waals surface area contributed by atoms with Gasteiger partial charge in [0.15, 0.2) is 0 Å². The minimum Gasteiger partial charge on any atom is -0.344 e. The molecule has 0 saturated heterocycles. The Bertz CT molecular complexity index is 923. The van der Waals surface area contributed by atoms with E-state index < -0.39 is 0 Å². The van der Waals surface area contributed by atoms with Crippen molar-refractivity contribution in [2.24, 2.45) is 0 Å². The molecule has 0 unspecified atom stereocenters. The van der Waals surface area contributed by atoms with Crippen molar-refractivity contribution in [1.29, 1.82) is 0 Å². The van der Waals surface area contributed by atoms with E-state index in [0.29, 0.717) is 10.7 Å². The number of likely N-dealkylation sites (N-methyl/N-ethyl adjacent to an activating group) is 1. The van der Waals surface area contributed by atoms with Crippen LogP contribution < -0.4 is 10.6 Å². The van der Waals surface area contributed by atoms with Gasteiger partial charge in [0.1, 0.15) is 0 Å². The van der Waals surface area contributed by atoms with Gasteiger partial charge in [0, 0.05) is 10.7 Å². The zero-order chi connectivity index (χ0) is 21.3. The van der Waals surface area contributed by atoms with Crippen LogP contribution in [-0.4, -0.2) is 36.9 Å². The fraction of sp³-hybridized carbons (Fsp3) is 0.167. The summed E-state index contributed by atoms with van der Waals surface area (Å²) in [5.41, 5.74) is 2.66. The van der Waals surface area contributed by atoms with Crippen LogP contribution in [0.4, 0.5) is 5.69 Å². The Morgan fingerprint density at radius 2 is 1.30 bits per heavy atom. The fourth-order valence-electron chi connectivity index (χ4n) is 3.14. The summed E-state index contributed by atoms with van der Waals surface area (Å²) in [7, 11) is 1.74. The molecule has 0 atom stereocenters. The molecule has 6 heteroatoms. The molecule has 0 radical (unpaired) electrons. The number of halogens is 1. The maximum Gasteiger partial charge on any atom is 0.238 e. The summed E-state index contributed by atoms with van der Waals surface area (Å²) in [5, 5.41) is 6.48. The number of benzene rings is 3. The second kappa shape index (κ2) is 10.6. The molecule has 30 heavy (non-hydrogen) atoms. The van der Waals surface area contributed by atoms with Gasteiger partial charge >= 0.3 is 0 Å². The third-order valence-corrected chi connectivity index (χ3v) is 4.78. The normalized spacial score (nSPS) is 10.8. The average Bonchev–Trinajstić information content (AvgIpc) is 2.74. The third kappa shape index (κ3) is 6.44. The van der Waals surface area contributed by atoms with Crippen molar-refractivity contribution in [3.8, 4) is 0 Å².